The number of halogens is 2. The summed E-state index contributed by atoms with van der Waals surface area (Å²) in [5.74, 6) is -1.63. The molecule has 1 unspecified atom stereocenters. The van der Waals surface area contributed by atoms with Crippen LogP contribution in [0, 0.1) is 11.6 Å². The third kappa shape index (κ3) is 3.77. The van der Waals surface area contributed by atoms with Crippen LogP contribution < -0.4 is 5.32 Å². The molecule has 0 saturated carbocycles. The Balaban J connectivity index is 1.40. The number of hydrogen-bond donors (Lipinski definition) is 1. The number of aromatic nitrogens is 2. The van der Waals surface area contributed by atoms with E-state index in [2.05, 4.69) is 31.1 Å². The topological polar surface area (TPSA) is 41.0 Å². The van der Waals surface area contributed by atoms with Crippen LogP contribution in [-0.2, 0) is 6.54 Å². The zero-order chi connectivity index (χ0) is 17.2. The Kier molecular flexibility index (Phi) is 4.59. The highest BCUT2D eigenvalue weighted by Crippen LogP contribution is 2.21. The lowest BCUT2D eigenvalue weighted by molar-refractivity contribution is 0.208. The Bertz CT molecular complexity index is 882. The van der Waals surface area contributed by atoms with Crippen molar-refractivity contribution in [3.63, 3.8) is 0 Å². The van der Waals surface area contributed by atoms with Crippen LogP contribution in [0.5, 0.6) is 0 Å². The summed E-state index contributed by atoms with van der Waals surface area (Å²) >= 11 is 1.23. The number of likely N-dealkylation sites (tertiary alicyclic amines) is 1. The molecule has 0 amide bonds. The van der Waals surface area contributed by atoms with E-state index in [1.165, 1.54) is 23.4 Å². The SMILES string of the molecule is Fc1ccc(NC2CCCN(Cc3ccc4nsnc4c3)C2)cc1F. The van der Waals surface area contributed by atoms with E-state index >= 15 is 0 Å². The first-order valence-corrected chi connectivity index (χ1v) is 9.05. The first-order valence-electron chi connectivity index (χ1n) is 8.32. The summed E-state index contributed by atoms with van der Waals surface area (Å²) in [5, 5.41) is 3.32. The maximum absolute atomic E-state index is 13.4. The first-order chi connectivity index (χ1) is 12.2. The van der Waals surface area contributed by atoms with E-state index < -0.39 is 11.6 Å². The van der Waals surface area contributed by atoms with Gasteiger partial charge in [0.25, 0.3) is 0 Å². The predicted molar refractivity (Wildman–Crippen MR) is 95.7 cm³/mol. The van der Waals surface area contributed by atoms with Crippen molar-refractivity contribution in [2.75, 3.05) is 18.4 Å². The van der Waals surface area contributed by atoms with Gasteiger partial charge in [0.15, 0.2) is 11.6 Å². The van der Waals surface area contributed by atoms with Crippen LogP contribution in [0.15, 0.2) is 36.4 Å². The van der Waals surface area contributed by atoms with Crippen molar-refractivity contribution in [3.05, 3.63) is 53.6 Å². The Morgan fingerprint density at radius 3 is 2.84 bits per heavy atom. The molecule has 1 saturated heterocycles. The molecule has 0 aliphatic carbocycles. The molecule has 0 spiro atoms. The fourth-order valence-corrected chi connectivity index (χ4v) is 3.84. The largest absolute Gasteiger partial charge is 0.381 e. The second-order valence-electron chi connectivity index (χ2n) is 6.43. The van der Waals surface area contributed by atoms with E-state index in [-0.39, 0.29) is 6.04 Å². The van der Waals surface area contributed by atoms with Crippen LogP contribution in [0.3, 0.4) is 0 Å². The highest BCUT2D eigenvalue weighted by atomic mass is 32.1. The molecule has 1 aromatic heterocycles. The van der Waals surface area contributed by atoms with Crippen molar-refractivity contribution in [1.29, 1.82) is 0 Å². The van der Waals surface area contributed by atoms with Crippen molar-refractivity contribution in [2.24, 2.45) is 0 Å². The van der Waals surface area contributed by atoms with Crippen molar-refractivity contribution in [2.45, 2.75) is 25.4 Å². The van der Waals surface area contributed by atoms with Gasteiger partial charge in [0.1, 0.15) is 11.0 Å². The van der Waals surface area contributed by atoms with E-state index in [1.54, 1.807) is 6.07 Å². The Labute approximate surface area is 148 Å². The van der Waals surface area contributed by atoms with Crippen molar-refractivity contribution < 1.29 is 8.78 Å². The van der Waals surface area contributed by atoms with E-state index in [0.29, 0.717) is 5.69 Å². The van der Waals surface area contributed by atoms with E-state index in [1.807, 2.05) is 6.07 Å². The van der Waals surface area contributed by atoms with Crippen LogP contribution in [0.2, 0.25) is 0 Å². The van der Waals surface area contributed by atoms with Gasteiger partial charge in [0, 0.05) is 30.9 Å². The summed E-state index contributed by atoms with van der Waals surface area (Å²) in [6.45, 7) is 2.75. The van der Waals surface area contributed by atoms with Crippen molar-refractivity contribution in [3.8, 4) is 0 Å². The Morgan fingerprint density at radius 1 is 1.08 bits per heavy atom. The van der Waals surface area contributed by atoms with Crippen LogP contribution in [0.4, 0.5) is 14.5 Å². The summed E-state index contributed by atoms with van der Waals surface area (Å²) in [6.07, 6.45) is 2.09. The molecule has 0 bridgehead atoms. The highest BCUT2D eigenvalue weighted by Gasteiger charge is 2.20. The van der Waals surface area contributed by atoms with Gasteiger partial charge in [-0.15, -0.1) is 0 Å². The van der Waals surface area contributed by atoms with Gasteiger partial charge in [-0.3, -0.25) is 4.90 Å². The molecule has 1 atom stereocenters. The zero-order valence-corrected chi connectivity index (χ0v) is 14.4. The second kappa shape index (κ2) is 7.01. The van der Waals surface area contributed by atoms with Crippen LogP contribution in [0.25, 0.3) is 11.0 Å². The zero-order valence-electron chi connectivity index (χ0n) is 13.6. The quantitative estimate of drug-likeness (QED) is 0.762. The average molecular weight is 360 g/mol. The number of anilines is 1. The lowest BCUT2D eigenvalue weighted by Crippen LogP contribution is -2.41. The number of hydrogen-bond acceptors (Lipinski definition) is 5. The Hall–Kier alpha value is -2.12. The van der Waals surface area contributed by atoms with E-state index in [0.717, 1.165) is 49.6 Å². The molecule has 2 heterocycles. The first kappa shape index (κ1) is 16.4. The molecule has 4 rings (SSSR count). The maximum atomic E-state index is 13.4. The summed E-state index contributed by atoms with van der Waals surface area (Å²) in [5.41, 5.74) is 3.72. The molecule has 1 N–H and O–H groups in total. The smallest absolute Gasteiger partial charge is 0.160 e. The molecule has 1 fully saturated rings. The number of piperidine rings is 1. The molecule has 7 heteroatoms. The third-order valence-corrected chi connectivity index (χ3v) is 5.08. The predicted octanol–water partition coefficient (Wildman–Crippen LogP) is 4.05. The number of fused-ring (bicyclic) bond motifs is 1. The number of rotatable bonds is 4. The monoisotopic (exact) mass is 360 g/mol. The molecule has 2 aromatic carbocycles. The lowest BCUT2D eigenvalue weighted by atomic mass is 10.0. The fourth-order valence-electron chi connectivity index (χ4n) is 3.32. The normalized spacial score (nSPS) is 18.6. The van der Waals surface area contributed by atoms with Crippen molar-refractivity contribution in [1.82, 2.24) is 13.6 Å². The summed E-state index contributed by atoms with van der Waals surface area (Å²) in [6, 6.07) is 10.4. The highest BCUT2D eigenvalue weighted by molar-refractivity contribution is 7.00. The summed E-state index contributed by atoms with van der Waals surface area (Å²) in [7, 11) is 0. The number of nitrogens with one attached hydrogen (secondary N) is 1. The molecule has 1 aliphatic rings. The maximum Gasteiger partial charge on any atom is 0.160 e. The van der Waals surface area contributed by atoms with Crippen LogP contribution in [0.1, 0.15) is 18.4 Å². The molecular formula is C18H18F2N4S. The minimum atomic E-state index is -0.817. The molecule has 130 valence electrons. The summed E-state index contributed by atoms with van der Waals surface area (Å²) in [4.78, 5) is 2.38. The van der Waals surface area contributed by atoms with Gasteiger partial charge in [-0.1, -0.05) is 6.07 Å². The standard InChI is InChI=1S/C18H18F2N4S/c19-15-5-4-13(9-16(15)20)21-14-2-1-7-24(11-14)10-12-3-6-17-18(8-12)23-25-22-17/h3-6,8-9,14,21H,1-2,7,10-11H2. The molecule has 1 aliphatic heterocycles. The van der Waals surface area contributed by atoms with Crippen molar-refractivity contribution >= 4 is 28.4 Å². The lowest BCUT2D eigenvalue weighted by Gasteiger charge is -2.33. The molecule has 4 nitrogen and oxygen atoms in total. The van der Waals surface area contributed by atoms with Gasteiger partial charge in [-0.2, -0.15) is 8.75 Å². The van der Waals surface area contributed by atoms with Gasteiger partial charge >= 0.3 is 0 Å². The number of benzene rings is 2. The molecule has 3 aromatic rings. The van der Waals surface area contributed by atoms with Gasteiger partial charge in [0.2, 0.25) is 0 Å². The molecule has 25 heavy (non-hydrogen) atoms. The summed E-state index contributed by atoms with van der Waals surface area (Å²) < 4.78 is 34.9. The van der Waals surface area contributed by atoms with Crippen LogP contribution in [-0.4, -0.2) is 32.8 Å². The molecule has 0 radical (unpaired) electrons. The molecular weight excluding hydrogens is 342 g/mol. The fraction of sp³-hybridized carbons (Fsp3) is 0.333. The van der Waals surface area contributed by atoms with Gasteiger partial charge in [-0.05, 0) is 49.2 Å². The minimum absolute atomic E-state index is 0.225. The third-order valence-electron chi connectivity index (χ3n) is 4.52. The van der Waals surface area contributed by atoms with Gasteiger partial charge < -0.3 is 5.32 Å². The van der Waals surface area contributed by atoms with E-state index in [4.69, 9.17) is 0 Å². The van der Waals surface area contributed by atoms with Gasteiger partial charge in [0.05, 0.1) is 11.7 Å². The van der Waals surface area contributed by atoms with Crippen LogP contribution >= 0.6 is 11.7 Å². The van der Waals surface area contributed by atoms with Gasteiger partial charge in [-0.25, -0.2) is 8.78 Å². The second-order valence-corrected chi connectivity index (χ2v) is 6.96. The minimum Gasteiger partial charge on any atom is -0.381 e. The Morgan fingerprint density at radius 2 is 1.96 bits per heavy atom. The van der Waals surface area contributed by atoms with E-state index in [9.17, 15) is 8.78 Å². The number of nitrogens with zero attached hydrogens (tertiary/aromatic N) is 3. The average Bonchev–Trinajstić information content (AvgIpc) is 3.06.